The lowest BCUT2D eigenvalue weighted by Gasteiger charge is -2.21. The van der Waals surface area contributed by atoms with Gasteiger partial charge in [-0.1, -0.05) is 0 Å². The van der Waals surface area contributed by atoms with Crippen LogP contribution in [0.15, 0.2) is 87.7 Å². The molecule has 0 atom stereocenters. The fourth-order valence-electron chi connectivity index (χ4n) is 4.19. The predicted molar refractivity (Wildman–Crippen MR) is 155 cm³/mol. The molecule has 2 heterocycles. The first-order chi connectivity index (χ1) is 19.4. The van der Waals surface area contributed by atoms with E-state index in [1.165, 1.54) is 35.6 Å². The van der Waals surface area contributed by atoms with Crippen molar-refractivity contribution < 1.29 is 14.3 Å². The van der Waals surface area contributed by atoms with Gasteiger partial charge in [0.2, 0.25) is 5.55 Å². The van der Waals surface area contributed by atoms with Crippen molar-refractivity contribution in [3.05, 3.63) is 104 Å². The van der Waals surface area contributed by atoms with Crippen molar-refractivity contribution >= 4 is 45.1 Å². The van der Waals surface area contributed by atoms with Crippen LogP contribution in [0.5, 0.6) is 0 Å². The molecule has 5 aromatic rings. The second kappa shape index (κ2) is 11.3. The number of benzene rings is 3. The quantitative estimate of drug-likeness (QED) is 0.154. The molecule has 0 aliphatic carbocycles. The largest absolute Gasteiger partial charge is 0.436 e. The van der Waals surface area contributed by atoms with Crippen LogP contribution in [0.1, 0.15) is 13.8 Å². The number of fused-ring (bicyclic) bond motifs is 1. The summed E-state index contributed by atoms with van der Waals surface area (Å²) < 4.78 is 6.30. The highest BCUT2D eigenvalue weighted by Crippen LogP contribution is 2.31. The molecule has 12 heteroatoms. The van der Waals surface area contributed by atoms with Gasteiger partial charge in [0.15, 0.2) is 0 Å². The van der Waals surface area contributed by atoms with Gasteiger partial charge in [0, 0.05) is 65.4 Å². The summed E-state index contributed by atoms with van der Waals surface area (Å²) in [5, 5.41) is 29.9. The lowest BCUT2D eigenvalue weighted by molar-refractivity contribution is -0.385. The van der Waals surface area contributed by atoms with Crippen molar-refractivity contribution in [3.8, 4) is 21.8 Å². The monoisotopic (exact) mass is 556 g/mol. The van der Waals surface area contributed by atoms with Gasteiger partial charge < -0.3 is 9.32 Å². The van der Waals surface area contributed by atoms with E-state index >= 15 is 0 Å². The summed E-state index contributed by atoms with van der Waals surface area (Å²) in [6.07, 6.45) is 0. The van der Waals surface area contributed by atoms with Crippen LogP contribution in [0.2, 0.25) is 0 Å². The number of rotatable bonds is 9. The second-order valence-electron chi connectivity index (χ2n) is 8.73. The maximum atomic E-state index is 11.0. The normalized spacial score (nSPS) is 11.5. The molecular formula is C28H24N6O5S. The number of aromatic nitrogens is 1. The summed E-state index contributed by atoms with van der Waals surface area (Å²) in [6, 6.07) is 20.1. The first kappa shape index (κ1) is 26.5. The summed E-state index contributed by atoms with van der Waals surface area (Å²) >= 11 is 1.40. The standard InChI is InChI=1S/C28H24N6O5S/c1-3-32(4-2)23-12-7-19-15-24(28-29-25(17-40-28)18-5-10-21(11-6-18)33(35)36)27(39-26(19)16-23)31-30-20-8-13-22(14-9-20)34(37)38/h5-17,30H,3-4H2,1-2H3. The van der Waals surface area contributed by atoms with Gasteiger partial charge in [0.25, 0.3) is 11.4 Å². The molecule has 0 unspecified atom stereocenters. The van der Waals surface area contributed by atoms with E-state index in [0.29, 0.717) is 27.5 Å². The molecule has 202 valence electrons. The number of hydrogen-bond donors (Lipinski definition) is 1. The topological polar surface area (TPSA) is 140 Å². The molecule has 0 bridgehead atoms. The van der Waals surface area contributed by atoms with E-state index < -0.39 is 9.85 Å². The molecule has 1 N–H and O–H groups in total. The highest BCUT2D eigenvalue weighted by Gasteiger charge is 2.15. The number of nitro benzene ring substituents is 2. The molecule has 3 aromatic carbocycles. The van der Waals surface area contributed by atoms with E-state index in [0.717, 1.165) is 29.7 Å². The van der Waals surface area contributed by atoms with E-state index in [1.54, 1.807) is 24.3 Å². The molecule has 0 amide bonds. The minimum Gasteiger partial charge on any atom is -0.436 e. The van der Waals surface area contributed by atoms with E-state index in [-0.39, 0.29) is 16.9 Å². The van der Waals surface area contributed by atoms with Crippen molar-refractivity contribution in [2.45, 2.75) is 13.8 Å². The molecule has 0 aliphatic rings. The lowest BCUT2D eigenvalue weighted by Crippen LogP contribution is -2.21. The Morgan fingerprint density at radius 2 is 1.57 bits per heavy atom. The molecule has 0 fully saturated rings. The van der Waals surface area contributed by atoms with Crippen LogP contribution in [0, 0.1) is 20.2 Å². The maximum absolute atomic E-state index is 11.0. The zero-order valence-electron chi connectivity index (χ0n) is 21.6. The van der Waals surface area contributed by atoms with Crippen LogP contribution in [-0.4, -0.2) is 27.9 Å². The Kier molecular flexibility index (Phi) is 7.51. The third kappa shape index (κ3) is 5.52. The minimum atomic E-state index is -0.462. The van der Waals surface area contributed by atoms with Gasteiger partial charge in [0.1, 0.15) is 10.6 Å². The van der Waals surface area contributed by atoms with E-state index in [1.807, 2.05) is 29.6 Å². The van der Waals surface area contributed by atoms with Crippen LogP contribution in [-0.2, 0) is 0 Å². The number of nitro groups is 2. The van der Waals surface area contributed by atoms with Crippen molar-refractivity contribution in [1.29, 1.82) is 0 Å². The van der Waals surface area contributed by atoms with Crippen LogP contribution in [0.25, 0.3) is 32.8 Å². The highest BCUT2D eigenvalue weighted by atomic mass is 32.1. The Labute approximate surface area is 232 Å². The smallest absolute Gasteiger partial charge is 0.269 e. The van der Waals surface area contributed by atoms with Gasteiger partial charge in [-0.15, -0.1) is 16.4 Å². The Hall–Kier alpha value is -5.10. The summed E-state index contributed by atoms with van der Waals surface area (Å²) in [4.78, 5) is 28.1. The number of non-ortho nitro benzene ring substituents is 2. The number of anilines is 2. The van der Waals surface area contributed by atoms with E-state index in [9.17, 15) is 20.2 Å². The second-order valence-corrected chi connectivity index (χ2v) is 9.59. The predicted octanol–water partition coefficient (Wildman–Crippen LogP) is 6.81. The zero-order chi connectivity index (χ0) is 28.2. The lowest BCUT2D eigenvalue weighted by atomic mass is 10.1. The van der Waals surface area contributed by atoms with Gasteiger partial charge in [-0.25, -0.2) is 4.98 Å². The molecule has 5 rings (SSSR count). The molecule has 0 saturated heterocycles. The molecule has 0 spiro atoms. The third-order valence-corrected chi connectivity index (χ3v) is 7.21. The van der Waals surface area contributed by atoms with Crippen LogP contribution in [0.4, 0.5) is 22.7 Å². The van der Waals surface area contributed by atoms with Gasteiger partial charge in [-0.3, -0.25) is 25.7 Å². The fraction of sp³-hybridized carbons (Fsp3) is 0.143. The SMILES string of the molecule is CCN(CC)c1ccc2cc(-c3nc(-c4ccc([N+](=O)[O-])cc4)cs3)c(=NNc3ccc([N+](=O)[O-])cc3)oc2c1. The summed E-state index contributed by atoms with van der Waals surface area (Å²) in [5.41, 5.74) is 7.48. The Morgan fingerprint density at radius 1 is 0.925 bits per heavy atom. The van der Waals surface area contributed by atoms with Gasteiger partial charge in [-0.2, -0.15) is 0 Å². The summed E-state index contributed by atoms with van der Waals surface area (Å²) in [6.45, 7) is 5.88. The van der Waals surface area contributed by atoms with Crippen molar-refractivity contribution in [1.82, 2.24) is 4.98 Å². The molecular weight excluding hydrogens is 532 g/mol. The highest BCUT2D eigenvalue weighted by molar-refractivity contribution is 7.13. The molecule has 0 saturated carbocycles. The number of thiazole rings is 1. The van der Waals surface area contributed by atoms with Gasteiger partial charge >= 0.3 is 0 Å². The average Bonchev–Trinajstić information content (AvgIpc) is 3.46. The van der Waals surface area contributed by atoms with E-state index in [2.05, 4.69) is 29.3 Å². The molecule has 11 nitrogen and oxygen atoms in total. The summed E-state index contributed by atoms with van der Waals surface area (Å²) in [7, 11) is 0. The third-order valence-electron chi connectivity index (χ3n) is 6.34. The van der Waals surface area contributed by atoms with Crippen molar-refractivity contribution in [2.24, 2.45) is 5.10 Å². The molecule has 0 aliphatic heterocycles. The van der Waals surface area contributed by atoms with Gasteiger partial charge in [0.05, 0.1) is 26.8 Å². The van der Waals surface area contributed by atoms with Crippen LogP contribution >= 0.6 is 11.3 Å². The molecule has 2 aromatic heterocycles. The average molecular weight is 557 g/mol. The fourth-order valence-corrected chi connectivity index (χ4v) is 5.02. The van der Waals surface area contributed by atoms with Gasteiger partial charge in [-0.05, 0) is 56.3 Å². The Bertz CT molecular complexity index is 1760. The first-order valence-electron chi connectivity index (χ1n) is 12.4. The molecule has 40 heavy (non-hydrogen) atoms. The number of nitrogens with one attached hydrogen (secondary N) is 1. The maximum Gasteiger partial charge on any atom is 0.269 e. The first-order valence-corrected chi connectivity index (χ1v) is 13.3. The van der Waals surface area contributed by atoms with Crippen molar-refractivity contribution in [2.75, 3.05) is 23.4 Å². The Balaban J connectivity index is 1.58. The Morgan fingerprint density at radius 3 is 2.20 bits per heavy atom. The summed E-state index contributed by atoms with van der Waals surface area (Å²) in [5.74, 6) is 0. The minimum absolute atomic E-state index is 0.00928. The van der Waals surface area contributed by atoms with E-state index in [4.69, 9.17) is 9.40 Å². The number of nitrogens with zero attached hydrogens (tertiary/aromatic N) is 5. The molecule has 0 radical (unpaired) electrons. The van der Waals surface area contributed by atoms with Crippen LogP contribution in [0.3, 0.4) is 0 Å². The van der Waals surface area contributed by atoms with Crippen LogP contribution < -0.4 is 15.9 Å². The van der Waals surface area contributed by atoms with Crippen molar-refractivity contribution in [3.63, 3.8) is 0 Å². The number of hydrogen-bond acceptors (Lipinski definition) is 10. The zero-order valence-corrected chi connectivity index (χ0v) is 22.4.